The zero-order valence-electron chi connectivity index (χ0n) is 11.6. The van der Waals surface area contributed by atoms with Crippen molar-refractivity contribution >= 4 is 5.70 Å². The quantitative estimate of drug-likeness (QED) is 0.890. The van der Waals surface area contributed by atoms with Gasteiger partial charge >= 0.3 is 0 Å². The van der Waals surface area contributed by atoms with E-state index >= 15 is 0 Å². The van der Waals surface area contributed by atoms with Crippen molar-refractivity contribution in [3.8, 4) is 0 Å². The molecule has 1 heterocycles. The van der Waals surface area contributed by atoms with Crippen molar-refractivity contribution in [3.63, 3.8) is 0 Å². The third-order valence-corrected chi connectivity index (χ3v) is 3.49. The summed E-state index contributed by atoms with van der Waals surface area (Å²) >= 11 is 0. The fourth-order valence-corrected chi connectivity index (χ4v) is 2.45. The van der Waals surface area contributed by atoms with Crippen molar-refractivity contribution in [2.75, 3.05) is 6.67 Å². The predicted octanol–water partition coefficient (Wildman–Crippen LogP) is 2.94. The predicted molar refractivity (Wildman–Crippen MR) is 82.2 cm³/mol. The van der Waals surface area contributed by atoms with E-state index in [1.165, 1.54) is 22.5 Å². The molecule has 3 heteroatoms. The minimum Gasteiger partial charge on any atom is -0.368 e. The highest BCUT2D eigenvalue weighted by atomic mass is 15.6. The first-order chi connectivity index (χ1) is 9.84. The fourth-order valence-electron chi connectivity index (χ4n) is 2.45. The molecule has 2 aromatic carbocycles. The summed E-state index contributed by atoms with van der Waals surface area (Å²) in [7, 11) is 0. The van der Waals surface area contributed by atoms with Crippen LogP contribution in [0.5, 0.6) is 0 Å². The summed E-state index contributed by atoms with van der Waals surface area (Å²) in [6.45, 7) is 3.74. The van der Waals surface area contributed by atoms with Gasteiger partial charge in [-0.3, -0.25) is 5.01 Å². The van der Waals surface area contributed by atoms with Crippen LogP contribution >= 0.6 is 0 Å². The van der Waals surface area contributed by atoms with Gasteiger partial charge in [0.2, 0.25) is 0 Å². The van der Waals surface area contributed by atoms with Crippen LogP contribution in [0.15, 0.2) is 66.4 Å². The molecule has 2 aromatic rings. The molecule has 1 aliphatic heterocycles. The fraction of sp³-hybridized carbons (Fsp3) is 0.176. The number of benzene rings is 2. The van der Waals surface area contributed by atoms with E-state index in [1.807, 2.05) is 12.1 Å². The summed E-state index contributed by atoms with van der Waals surface area (Å²) < 4.78 is 0. The van der Waals surface area contributed by atoms with Gasteiger partial charge in [0.15, 0.2) is 0 Å². The van der Waals surface area contributed by atoms with Gasteiger partial charge in [0, 0.05) is 17.8 Å². The highest BCUT2D eigenvalue weighted by Crippen LogP contribution is 2.24. The summed E-state index contributed by atoms with van der Waals surface area (Å²) in [6, 6.07) is 20.9. The Balaban J connectivity index is 1.74. The SMILES string of the molecule is CC1=C(c2ccccc2)N(NCc2ccccc2)CN1. The number of allylic oxidation sites excluding steroid dienone is 1. The Bertz CT molecular complexity index is 590. The van der Waals surface area contributed by atoms with Crippen LogP contribution in [0.4, 0.5) is 0 Å². The minimum atomic E-state index is 0.795. The average molecular weight is 265 g/mol. The van der Waals surface area contributed by atoms with Gasteiger partial charge in [-0.25, -0.2) is 5.43 Å². The third-order valence-electron chi connectivity index (χ3n) is 3.49. The highest BCUT2D eigenvalue weighted by molar-refractivity contribution is 5.67. The molecule has 0 atom stereocenters. The Labute approximate surface area is 119 Å². The van der Waals surface area contributed by atoms with E-state index in [0.717, 1.165) is 13.2 Å². The van der Waals surface area contributed by atoms with Crippen LogP contribution in [0.3, 0.4) is 0 Å². The Morgan fingerprint density at radius 2 is 1.65 bits per heavy atom. The summed E-state index contributed by atoms with van der Waals surface area (Å²) in [4.78, 5) is 0. The van der Waals surface area contributed by atoms with Gasteiger partial charge in [-0.1, -0.05) is 60.7 Å². The second-order valence-corrected chi connectivity index (χ2v) is 4.92. The molecule has 0 unspecified atom stereocenters. The maximum Gasteiger partial charge on any atom is 0.103 e. The van der Waals surface area contributed by atoms with Crippen LogP contribution in [0.1, 0.15) is 18.1 Å². The number of hydrazine groups is 1. The number of hydrogen-bond donors (Lipinski definition) is 2. The van der Waals surface area contributed by atoms with E-state index in [0.29, 0.717) is 0 Å². The van der Waals surface area contributed by atoms with E-state index in [4.69, 9.17) is 0 Å². The van der Waals surface area contributed by atoms with Gasteiger partial charge in [-0.2, -0.15) is 0 Å². The first kappa shape index (κ1) is 12.8. The van der Waals surface area contributed by atoms with Gasteiger partial charge in [-0.05, 0) is 12.5 Å². The summed E-state index contributed by atoms with van der Waals surface area (Å²) in [5.74, 6) is 0. The molecule has 3 rings (SSSR count). The molecule has 0 bridgehead atoms. The third kappa shape index (κ3) is 2.68. The Hall–Kier alpha value is -2.26. The van der Waals surface area contributed by atoms with Crippen LogP contribution in [0.2, 0.25) is 0 Å². The number of nitrogens with one attached hydrogen (secondary N) is 2. The first-order valence-corrected chi connectivity index (χ1v) is 6.90. The van der Waals surface area contributed by atoms with Crippen molar-refractivity contribution in [2.24, 2.45) is 0 Å². The largest absolute Gasteiger partial charge is 0.368 e. The second kappa shape index (κ2) is 5.80. The molecule has 20 heavy (non-hydrogen) atoms. The molecule has 2 N–H and O–H groups in total. The van der Waals surface area contributed by atoms with Gasteiger partial charge in [0.1, 0.15) is 6.67 Å². The molecular formula is C17H19N3. The van der Waals surface area contributed by atoms with Crippen molar-refractivity contribution in [1.82, 2.24) is 15.8 Å². The van der Waals surface area contributed by atoms with Crippen molar-refractivity contribution in [2.45, 2.75) is 13.5 Å². The Kier molecular flexibility index (Phi) is 3.70. The van der Waals surface area contributed by atoms with Gasteiger partial charge < -0.3 is 5.32 Å². The molecule has 3 nitrogen and oxygen atoms in total. The molecule has 0 saturated heterocycles. The Morgan fingerprint density at radius 1 is 1.00 bits per heavy atom. The second-order valence-electron chi connectivity index (χ2n) is 4.92. The smallest absolute Gasteiger partial charge is 0.103 e. The van der Waals surface area contributed by atoms with Crippen molar-refractivity contribution in [1.29, 1.82) is 0 Å². The molecule has 0 fully saturated rings. The van der Waals surface area contributed by atoms with Gasteiger partial charge in [-0.15, -0.1) is 0 Å². The zero-order valence-corrected chi connectivity index (χ0v) is 11.6. The monoisotopic (exact) mass is 265 g/mol. The molecule has 0 aromatic heterocycles. The van der Waals surface area contributed by atoms with Gasteiger partial charge in [0.05, 0.1) is 5.70 Å². The van der Waals surface area contributed by atoms with E-state index < -0.39 is 0 Å². The molecule has 0 saturated carbocycles. The van der Waals surface area contributed by atoms with E-state index in [1.54, 1.807) is 0 Å². The Morgan fingerprint density at radius 3 is 2.35 bits per heavy atom. The average Bonchev–Trinajstić information content (AvgIpc) is 2.88. The van der Waals surface area contributed by atoms with E-state index in [2.05, 4.69) is 71.2 Å². The van der Waals surface area contributed by atoms with Crippen molar-refractivity contribution in [3.05, 3.63) is 77.5 Å². The lowest BCUT2D eigenvalue weighted by Gasteiger charge is -2.22. The zero-order chi connectivity index (χ0) is 13.8. The lowest BCUT2D eigenvalue weighted by atomic mass is 10.1. The highest BCUT2D eigenvalue weighted by Gasteiger charge is 2.20. The van der Waals surface area contributed by atoms with Crippen LogP contribution in [-0.4, -0.2) is 11.7 Å². The van der Waals surface area contributed by atoms with Crippen LogP contribution in [0.25, 0.3) is 5.70 Å². The molecule has 0 aliphatic carbocycles. The number of nitrogens with zero attached hydrogens (tertiary/aromatic N) is 1. The molecule has 102 valence electrons. The van der Waals surface area contributed by atoms with Crippen LogP contribution in [-0.2, 0) is 6.54 Å². The van der Waals surface area contributed by atoms with E-state index in [9.17, 15) is 0 Å². The molecule has 0 radical (unpaired) electrons. The lowest BCUT2D eigenvalue weighted by Crippen LogP contribution is -2.36. The first-order valence-electron chi connectivity index (χ1n) is 6.90. The maximum atomic E-state index is 3.49. The maximum absolute atomic E-state index is 3.49. The topological polar surface area (TPSA) is 27.3 Å². The number of rotatable bonds is 4. The van der Waals surface area contributed by atoms with Crippen LogP contribution < -0.4 is 10.7 Å². The molecule has 1 aliphatic rings. The summed E-state index contributed by atoms with van der Waals surface area (Å²) in [5, 5.41) is 5.58. The standard InChI is InChI=1S/C17H19N3/c1-14-17(16-10-6-3-7-11-16)20(13-18-14)19-12-15-8-4-2-5-9-15/h2-11,18-19H,12-13H2,1H3. The lowest BCUT2D eigenvalue weighted by molar-refractivity contribution is 0.294. The molecule has 0 spiro atoms. The van der Waals surface area contributed by atoms with E-state index in [-0.39, 0.29) is 0 Å². The van der Waals surface area contributed by atoms with Crippen LogP contribution in [0, 0.1) is 0 Å². The van der Waals surface area contributed by atoms with Crippen molar-refractivity contribution < 1.29 is 0 Å². The summed E-state index contributed by atoms with van der Waals surface area (Å²) in [6.07, 6.45) is 0. The minimum absolute atomic E-state index is 0.795. The normalized spacial score (nSPS) is 14.6. The molecule has 0 amide bonds. The van der Waals surface area contributed by atoms with Gasteiger partial charge in [0.25, 0.3) is 0 Å². The summed E-state index contributed by atoms with van der Waals surface area (Å²) in [5.41, 5.74) is 8.43. The number of hydrogen-bond acceptors (Lipinski definition) is 3. The molecular weight excluding hydrogens is 246 g/mol.